The summed E-state index contributed by atoms with van der Waals surface area (Å²) in [6.07, 6.45) is 13.3. The monoisotopic (exact) mass is 400 g/mol. The molecule has 4 rings (SSSR count). The van der Waals surface area contributed by atoms with Crippen LogP contribution in [0.25, 0.3) is 21.9 Å². The molecule has 0 nitrogen and oxygen atoms in total. The van der Waals surface area contributed by atoms with Crippen molar-refractivity contribution in [2.75, 3.05) is 0 Å². The lowest BCUT2D eigenvalue weighted by Crippen LogP contribution is -2.13. The Morgan fingerprint density at radius 1 is 0.900 bits per heavy atom. The maximum atomic E-state index is 15.2. The van der Waals surface area contributed by atoms with Crippen LogP contribution in [0, 0.1) is 17.7 Å². The van der Waals surface area contributed by atoms with Crippen LogP contribution in [-0.4, -0.2) is 0 Å². The second-order valence-corrected chi connectivity index (χ2v) is 8.88. The van der Waals surface area contributed by atoms with E-state index in [-0.39, 0.29) is 5.82 Å². The molecule has 0 bridgehead atoms. The summed E-state index contributed by atoms with van der Waals surface area (Å²) >= 11 is 0. The minimum Gasteiger partial charge on any atom is -0.206 e. The Bertz CT molecular complexity index is 1000. The molecule has 1 saturated carbocycles. The third kappa shape index (κ3) is 4.67. The molecule has 0 amide bonds. The van der Waals surface area contributed by atoms with Gasteiger partial charge in [-0.1, -0.05) is 73.7 Å². The average molecular weight is 401 g/mol. The van der Waals surface area contributed by atoms with E-state index in [0.717, 1.165) is 35.6 Å². The van der Waals surface area contributed by atoms with Crippen molar-refractivity contribution in [3.63, 3.8) is 0 Å². The van der Waals surface area contributed by atoms with Crippen molar-refractivity contribution in [1.29, 1.82) is 0 Å². The van der Waals surface area contributed by atoms with Gasteiger partial charge in [0.05, 0.1) is 0 Å². The summed E-state index contributed by atoms with van der Waals surface area (Å²) < 4.78 is 15.2. The molecule has 1 heteroatoms. The van der Waals surface area contributed by atoms with E-state index in [1.165, 1.54) is 43.2 Å². The van der Waals surface area contributed by atoms with Gasteiger partial charge in [-0.2, -0.15) is 0 Å². The summed E-state index contributed by atoms with van der Waals surface area (Å²) in [7, 11) is 0. The quantitative estimate of drug-likeness (QED) is 0.364. The zero-order valence-electron chi connectivity index (χ0n) is 18.3. The van der Waals surface area contributed by atoms with Crippen molar-refractivity contribution in [2.24, 2.45) is 11.8 Å². The van der Waals surface area contributed by atoms with Gasteiger partial charge in [0, 0.05) is 10.9 Å². The van der Waals surface area contributed by atoms with E-state index in [4.69, 9.17) is 0 Å². The SMILES string of the molecule is C/C=C/C1CCC(CCc2ccc(-c3ccc4cc(CC)ccc4c3F)cc2)CC1. The molecule has 0 heterocycles. The maximum absolute atomic E-state index is 15.2. The molecule has 3 aromatic carbocycles. The van der Waals surface area contributed by atoms with Crippen LogP contribution in [0.1, 0.15) is 57.1 Å². The van der Waals surface area contributed by atoms with E-state index in [1.54, 1.807) is 0 Å². The minimum absolute atomic E-state index is 0.110. The Morgan fingerprint density at radius 3 is 2.33 bits per heavy atom. The highest BCUT2D eigenvalue weighted by atomic mass is 19.1. The summed E-state index contributed by atoms with van der Waals surface area (Å²) in [5.41, 5.74) is 4.27. The topological polar surface area (TPSA) is 0 Å². The number of benzene rings is 3. The van der Waals surface area contributed by atoms with Crippen LogP contribution in [0.15, 0.2) is 66.7 Å². The lowest BCUT2D eigenvalue weighted by Gasteiger charge is -2.26. The van der Waals surface area contributed by atoms with Gasteiger partial charge in [0.25, 0.3) is 0 Å². The molecule has 0 aromatic heterocycles. The molecule has 0 N–H and O–H groups in total. The second kappa shape index (κ2) is 9.60. The van der Waals surface area contributed by atoms with Gasteiger partial charge in [-0.15, -0.1) is 0 Å². The molecule has 1 aliphatic rings. The number of rotatable bonds is 6. The molecular weight excluding hydrogens is 367 g/mol. The Labute approximate surface area is 180 Å². The first-order valence-electron chi connectivity index (χ1n) is 11.6. The second-order valence-electron chi connectivity index (χ2n) is 8.88. The summed E-state index contributed by atoms with van der Waals surface area (Å²) in [4.78, 5) is 0. The molecule has 0 radical (unpaired) electrons. The van der Waals surface area contributed by atoms with Crippen molar-refractivity contribution in [1.82, 2.24) is 0 Å². The van der Waals surface area contributed by atoms with Gasteiger partial charge >= 0.3 is 0 Å². The molecule has 3 aromatic rings. The zero-order chi connectivity index (χ0) is 20.9. The fourth-order valence-electron chi connectivity index (χ4n) is 4.95. The average Bonchev–Trinajstić information content (AvgIpc) is 2.79. The van der Waals surface area contributed by atoms with Crippen LogP contribution in [-0.2, 0) is 12.8 Å². The Hall–Kier alpha value is -2.41. The van der Waals surface area contributed by atoms with Crippen molar-refractivity contribution in [3.05, 3.63) is 83.7 Å². The number of allylic oxidation sites excluding steroid dienone is 2. The van der Waals surface area contributed by atoms with Gasteiger partial charge in [0.2, 0.25) is 0 Å². The van der Waals surface area contributed by atoms with E-state index in [9.17, 15) is 0 Å². The van der Waals surface area contributed by atoms with Crippen molar-refractivity contribution >= 4 is 10.8 Å². The first-order valence-corrected chi connectivity index (χ1v) is 11.6. The molecule has 1 aliphatic carbocycles. The molecule has 30 heavy (non-hydrogen) atoms. The van der Waals surface area contributed by atoms with Gasteiger partial charge in [-0.3, -0.25) is 0 Å². The highest BCUT2D eigenvalue weighted by Gasteiger charge is 2.19. The zero-order valence-corrected chi connectivity index (χ0v) is 18.3. The standard InChI is InChI=1S/C29H33F/c1-3-5-22-6-8-23(9-7-22)10-11-24-12-15-25(16-13-24)27-19-17-26-20-21(4-2)14-18-28(26)29(27)30/h3,5,12-20,22-23H,4,6-11H2,1-2H3/b5-3+. The predicted octanol–water partition coefficient (Wildman–Crippen LogP) is 8.52. The van der Waals surface area contributed by atoms with Crippen LogP contribution in [0.4, 0.5) is 4.39 Å². The number of fused-ring (bicyclic) bond motifs is 1. The lowest BCUT2D eigenvalue weighted by atomic mass is 9.79. The summed E-state index contributed by atoms with van der Waals surface area (Å²) in [5, 5.41) is 1.69. The molecule has 0 unspecified atom stereocenters. The minimum atomic E-state index is -0.110. The van der Waals surface area contributed by atoms with Crippen LogP contribution < -0.4 is 0 Å². The fraction of sp³-hybridized carbons (Fsp3) is 0.379. The van der Waals surface area contributed by atoms with Crippen LogP contribution >= 0.6 is 0 Å². The first kappa shape index (κ1) is 20.8. The molecule has 0 atom stereocenters. The van der Waals surface area contributed by atoms with E-state index in [1.807, 2.05) is 24.3 Å². The van der Waals surface area contributed by atoms with Crippen molar-refractivity contribution in [3.8, 4) is 11.1 Å². The van der Waals surface area contributed by atoms with Crippen LogP contribution in [0.5, 0.6) is 0 Å². The number of hydrogen-bond donors (Lipinski definition) is 0. The number of hydrogen-bond acceptors (Lipinski definition) is 0. The Kier molecular flexibility index (Phi) is 6.67. The molecule has 0 aliphatic heterocycles. The number of halogens is 1. The highest BCUT2D eigenvalue weighted by molar-refractivity contribution is 5.88. The summed E-state index contributed by atoms with van der Waals surface area (Å²) in [6.45, 7) is 4.25. The van der Waals surface area contributed by atoms with Crippen LogP contribution in [0.3, 0.4) is 0 Å². The summed E-state index contributed by atoms with van der Waals surface area (Å²) in [5.74, 6) is 1.55. The fourth-order valence-corrected chi connectivity index (χ4v) is 4.95. The third-order valence-electron chi connectivity index (χ3n) is 6.89. The molecule has 1 fully saturated rings. The third-order valence-corrected chi connectivity index (χ3v) is 6.89. The summed E-state index contributed by atoms with van der Waals surface area (Å²) in [6, 6.07) is 18.6. The molecule has 156 valence electrons. The van der Waals surface area contributed by atoms with E-state index in [0.29, 0.717) is 10.9 Å². The van der Waals surface area contributed by atoms with Crippen molar-refractivity contribution in [2.45, 2.75) is 58.8 Å². The maximum Gasteiger partial charge on any atom is 0.138 e. The van der Waals surface area contributed by atoms with Gasteiger partial charge in [0.1, 0.15) is 5.82 Å². The normalized spacial score (nSPS) is 19.6. The lowest BCUT2D eigenvalue weighted by molar-refractivity contribution is 0.296. The van der Waals surface area contributed by atoms with E-state index >= 15 is 4.39 Å². The van der Waals surface area contributed by atoms with Gasteiger partial charge in [-0.25, -0.2) is 4.39 Å². The van der Waals surface area contributed by atoms with Gasteiger partial charge < -0.3 is 0 Å². The largest absolute Gasteiger partial charge is 0.206 e. The number of aryl methyl sites for hydroxylation is 2. The Balaban J connectivity index is 1.42. The van der Waals surface area contributed by atoms with E-state index in [2.05, 4.69) is 56.3 Å². The molecular formula is C29H33F. The van der Waals surface area contributed by atoms with Gasteiger partial charge in [0.15, 0.2) is 0 Å². The molecule has 0 saturated heterocycles. The smallest absolute Gasteiger partial charge is 0.138 e. The van der Waals surface area contributed by atoms with Crippen molar-refractivity contribution < 1.29 is 4.39 Å². The van der Waals surface area contributed by atoms with E-state index < -0.39 is 0 Å². The first-order chi connectivity index (χ1) is 14.7. The Morgan fingerprint density at radius 2 is 1.63 bits per heavy atom. The predicted molar refractivity (Wildman–Crippen MR) is 127 cm³/mol. The molecule has 0 spiro atoms. The van der Waals surface area contributed by atoms with Crippen LogP contribution in [0.2, 0.25) is 0 Å². The highest BCUT2D eigenvalue weighted by Crippen LogP contribution is 2.33. The van der Waals surface area contributed by atoms with Gasteiger partial charge in [-0.05, 0) is 85.8 Å².